The molecule has 0 saturated carbocycles. The maximum Gasteiger partial charge on any atom is 0.410 e. The van der Waals surface area contributed by atoms with Gasteiger partial charge in [0.15, 0.2) is 5.75 Å². The molecule has 37 heavy (non-hydrogen) atoms. The molecule has 1 saturated heterocycles. The summed E-state index contributed by atoms with van der Waals surface area (Å²) in [7, 11) is -1.75. The molecule has 0 aliphatic carbocycles. The molecule has 1 aromatic heterocycles. The predicted octanol–water partition coefficient (Wildman–Crippen LogP) is 5.80. The van der Waals surface area contributed by atoms with Gasteiger partial charge in [0.1, 0.15) is 31.7 Å². The van der Waals surface area contributed by atoms with E-state index in [2.05, 4.69) is 36.0 Å². The number of nitrogens with zero attached hydrogens (tertiary/aromatic N) is 3. The Morgan fingerprint density at radius 2 is 1.95 bits per heavy atom. The number of hydrogen-bond donors (Lipinski definition) is 1. The average molecular weight is 563 g/mol. The molecule has 1 fully saturated rings. The summed E-state index contributed by atoms with van der Waals surface area (Å²) >= 11 is 13.5. The van der Waals surface area contributed by atoms with Gasteiger partial charge in [0, 0.05) is 37.3 Å². The Labute approximate surface area is 229 Å². The summed E-state index contributed by atoms with van der Waals surface area (Å²) < 4.78 is 11.8. The van der Waals surface area contributed by atoms with Gasteiger partial charge < -0.3 is 19.5 Å². The standard InChI is InChI=1S/C27H33Cl2N3O4Si/c1-27(2,3)36-26(34)32-12-11-31-15-20-25(35-16-17(31)14-32)24(29)23(19(30-20)10-13-37(4,5)6)22-18(28)8-7-9-21(22)33/h7-9,17,33H,11-12,14-16H2,1-6H3/t17-/m1/s1. The highest BCUT2D eigenvalue weighted by Crippen LogP contribution is 2.46. The highest BCUT2D eigenvalue weighted by atomic mass is 35.5. The lowest BCUT2D eigenvalue weighted by atomic mass is 10.0. The van der Waals surface area contributed by atoms with Crippen LogP contribution < -0.4 is 4.74 Å². The highest BCUT2D eigenvalue weighted by molar-refractivity contribution is 6.83. The van der Waals surface area contributed by atoms with Gasteiger partial charge in [-0.25, -0.2) is 9.78 Å². The number of pyridine rings is 1. The lowest BCUT2D eigenvalue weighted by molar-refractivity contribution is -0.00164. The largest absolute Gasteiger partial charge is 0.507 e. The SMILES string of the molecule is CC(C)(C)OC(=O)N1CCN2Cc3nc(C#C[Si](C)(C)C)c(-c4c(O)cccc4Cl)c(Cl)c3OC[C@H]2C1. The van der Waals surface area contributed by atoms with Crippen molar-refractivity contribution in [3.05, 3.63) is 39.6 Å². The fourth-order valence-corrected chi connectivity index (χ4v) is 5.39. The number of carbonyl (C=O) groups is 1. The molecular formula is C27H33Cl2N3O4Si. The Morgan fingerprint density at radius 1 is 1.22 bits per heavy atom. The first kappa shape index (κ1) is 27.6. The van der Waals surface area contributed by atoms with E-state index in [9.17, 15) is 9.90 Å². The van der Waals surface area contributed by atoms with Gasteiger partial charge in [-0.1, -0.05) is 54.8 Å². The second-order valence-corrected chi connectivity index (χ2v) is 17.0. The second-order valence-electron chi connectivity index (χ2n) is 11.4. The molecule has 7 nitrogen and oxygen atoms in total. The van der Waals surface area contributed by atoms with Crippen LogP contribution in [0.5, 0.6) is 11.5 Å². The number of hydrogen-bond acceptors (Lipinski definition) is 6. The molecule has 10 heteroatoms. The van der Waals surface area contributed by atoms with Crippen LogP contribution in [0.25, 0.3) is 11.1 Å². The van der Waals surface area contributed by atoms with Gasteiger partial charge in [0.2, 0.25) is 0 Å². The third kappa shape index (κ3) is 6.35. The quantitative estimate of drug-likeness (QED) is 0.350. The van der Waals surface area contributed by atoms with E-state index in [-0.39, 0.29) is 17.9 Å². The number of rotatable bonds is 1. The summed E-state index contributed by atoms with van der Waals surface area (Å²) in [5.41, 5.74) is 4.78. The van der Waals surface area contributed by atoms with Gasteiger partial charge >= 0.3 is 6.09 Å². The zero-order valence-corrected chi connectivity index (χ0v) is 24.6. The van der Waals surface area contributed by atoms with Crippen molar-refractivity contribution in [1.82, 2.24) is 14.8 Å². The van der Waals surface area contributed by atoms with E-state index >= 15 is 0 Å². The van der Waals surface area contributed by atoms with Crippen LogP contribution >= 0.6 is 23.2 Å². The number of carbonyl (C=O) groups excluding carboxylic acids is 1. The Hall–Kier alpha value is -2.44. The molecule has 1 amide bonds. The third-order valence-corrected chi connectivity index (χ3v) is 7.54. The molecule has 1 atom stereocenters. The first-order valence-electron chi connectivity index (χ1n) is 12.3. The van der Waals surface area contributed by atoms with E-state index < -0.39 is 13.7 Å². The van der Waals surface area contributed by atoms with Crippen LogP contribution in [0.15, 0.2) is 18.2 Å². The number of amides is 1. The van der Waals surface area contributed by atoms with E-state index in [0.717, 1.165) is 0 Å². The van der Waals surface area contributed by atoms with Crippen LogP contribution in [-0.2, 0) is 11.3 Å². The zero-order valence-electron chi connectivity index (χ0n) is 22.1. The van der Waals surface area contributed by atoms with Crippen molar-refractivity contribution < 1.29 is 19.4 Å². The Kier molecular flexibility index (Phi) is 7.73. The maximum atomic E-state index is 12.7. The zero-order chi connectivity index (χ0) is 27.1. The van der Waals surface area contributed by atoms with Gasteiger partial charge in [-0.3, -0.25) is 4.90 Å². The normalized spacial score (nSPS) is 18.1. The fourth-order valence-electron chi connectivity index (χ4n) is 4.29. The van der Waals surface area contributed by atoms with Crippen LogP contribution in [-0.4, -0.2) is 71.9 Å². The molecule has 3 heterocycles. The first-order chi connectivity index (χ1) is 17.2. The molecule has 2 aromatic rings. The molecule has 2 aliphatic heterocycles. The monoisotopic (exact) mass is 561 g/mol. The number of aromatic hydroxyl groups is 1. The summed E-state index contributed by atoms with van der Waals surface area (Å²) in [6, 6.07) is 4.87. The van der Waals surface area contributed by atoms with Crippen LogP contribution in [0.1, 0.15) is 32.2 Å². The van der Waals surface area contributed by atoms with Gasteiger partial charge in [-0.15, -0.1) is 5.54 Å². The molecule has 1 aromatic carbocycles. The molecule has 0 radical (unpaired) electrons. The summed E-state index contributed by atoms with van der Waals surface area (Å²) in [5.74, 6) is 3.68. The first-order valence-corrected chi connectivity index (χ1v) is 16.6. The summed E-state index contributed by atoms with van der Waals surface area (Å²) in [6.07, 6.45) is -0.328. The number of aromatic nitrogens is 1. The van der Waals surface area contributed by atoms with Gasteiger partial charge in [-0.05, 0) is 32.9 Å². The highest BCUT2D eigenvalue weighted by Gasteiger charge is 2.36. The van der Waals surface area contributed by atoms with Gasteiger partial charge in [0.05, 0.1) is 21.8 Å². The Morgan fingerprint density at radius 3 is 2.59 bits per heavy atom. The van der Waals surface area contributed by atoms with Crippen molar-refractivity contribution in [2.24, 2.45) is 0 Å². The summed E-state index contributed by atoms with van der Waals surface area (Å²) in [4.78, 5) is 21.6. The van der Waals surface area contributed by atoms with Crippen LogP contribution in [0.3, 0.4) is 0 Å². The van der Waals surface area contributed by atoms with Crippen molar-refractivity contribution in [2.45, 2.75) is 58.6 Å². The predicted molar refractivity (Wildman–Crippen MR) is 149 cm³/mol. The van der Waals surface area contributed by atoms with E-state index in [1.165, 1.54) is 0 Å². The van der Waals surface area contributed by atoms with Crippen molar-refractivity contribution in [1.29, 1.82) is 0 Å². The number of piperazine rings is 1. The van der Waals surface area contributed by atoms with Crippen LogP contribution in [0.2, 0.25) is 29.7 Å². The minimum atomic E-state index is -1.75. The van der Waals surface area contributed by atoms with Crippen molar-refractivity contribution in [2.75, 3.05) is 26.2 Å². The van der Waals surface area contributed by atoms with Crippen molar-refractivity contribution in [3.63, 3.8) is 0 Å². The molecular weight excluding hydrogens is 529 g/mol. The van der Waals surface area contributed by atoms with Crippen molar-refractivity contribution >= 4 is 37.4 Å². The minimum absolute atomic E-state index is 0.00810. The van der Waals surface area contributed by atoms with E-state index in [0.29, 0.717) is 71.1 Å². The molecule has 0 spiro atoms. The molecule has 198 valence electrons. The van der Waals surface area contributed by atoms with Gasteiger partial charge in [-0.2, -0.15) is 0 Å². The fraction of sp³-hybridized carbons (Fsp3) is 0.481. The molecule has 1 N–H and O–H groups in total. The Bertz CT molecular complexity index is 1260. The summed E-state index contributed by atoms with van der Waals surface area (Å²) in [5, 5.41) is 11.4. The molecule has 0 unspecified atom stereocenters. The van der Waals surface area contributed by atoms with Crippen LogP contribution in [0, 0.1) is 11.5 Å². The van der Waals surface area contributed by atoms with E-state index in [1.807, 2.05) is 20.8 Å². The minimum Gasteiger partial charge on any atom is -0.507 e. The molecule has 4 rings (SSSR count). The number of ether oxygens (including phenoxy) is 2. The second kappa shape index (κ2) is 10.4. The maximum absolute atomic E-state index is 12.7. The third-order valence-electron chi connectivity index (χ3n) is 5.99. The molecule has 0 bridgehead atoms. The smallest absolute Gasteiger partial charge is 0.410 e. The molecule has 2 aliphatic rings. The van der Waals surface area contributed by atoms with Crippen molar-refractivity contribution in [3.8, 4) is 34.1 Å². The lowest BCUT2D eigenvalue weighted by Crippen LogP contribution is -2.56. The topological polar surface area (TPSA) is 75.1 Å². The van der Waals surface area contributed by atoms with Gasteiger partial charge in [0.25, 0.3) is 0 Å². The Balaban J connectivity index is 1.73. The number of benzene rings is 1. The van der Waals surface area contributed by atoms with E-state index in [4.69, 9.17) is 37.7 Å². The van der Waals surface area contributed by atoms with E-state index in [1.54, 1.807) is 23.1 Å². The average Bonchev–Trinajstić information content (AvgIpc) is 2.96. The number of phenolic OH excluding ortho intramolecular Hbond substituents is 1. The van der Waals surface area contributed by atoms with Crippen LogP contribution in [0.4, 0.5) is 4.79 Å². The number of phenols is 1. The number of halogens is 2. The lowest BCUT2D eigenvalue weighted by Gasteiger charge is -2.40. The number of fused-ring (bicyclic) bond motifs is 2. The summed E-state index contributed by atoms with van der Waals surface area (Å²) in [6.45, 7) is 14.5.